The molecule has 2 N–H and O–H groups in total. The molecule has 0 fully saturated rings. The van der Waals surface area contributed by atoms with Crippen molar-refractivity contribution >= 4 is 12.6 Å². The van der Waals surface area contributed by atoms with E-state index in [0.717, 1.165) is 0 Å². The highest BCUT2D eigenvalue weighted by atomic mass is 32.1. The summed E-state index contributed by atoms with van der Waals surface area (Å²) in [5.74, 6) is 0. The minimum atomic E-state index is 0.185. The summed E-state index contributed by atoms with van der Waals surface area (Å²) in [4.78, 5) is 0. The molecule has 0 radical (unpaired) electrons. The first kappa shape index (κ1) is 7.27. The van der Waals surface area contributed by atoms with Crippen LogP contribution in [0.5, 0.6) is 0 Å². The lowest BCUT2D eigenvalue weighted by Gasteiger charge is -2.02. The zero-order chi connectivity index (χ0) is 5.70. The number of aliphatic hydroxyl groups excluding tert-OH is 1. The molecular weight excluding hydrogens is 110 g/mol. The predicted molar refractivity (Wildman–Crippen MR) is 33.5 cm³/mol. The monoisotopic (exact) mass is 121 g/mol. The molecule has 0 aliphatic heterocycles. The molecule has 3 heteroatoms. The van der Waals surface area contributed by atoms with Crippen LogP contribution in [0, 0.1) is 0 Å². The van der Waals surface area contributed by atoms with Crippen molar-refractivity contribution in [3.8, 4) is 0 Å². The molecule has 44 valence electrons. The van der Waals surface area contributed by atoms with Crippen LogP contribution in [0.15, 0.2) is 0 Å². The van der Waals surface area contributed by atoms with Crippen molar-refractivity contribution in [3.63, 3.8) is 0 Å². The molecular formula is C4H11NOS. The topological polar surface area (TPSA) is 32.3 Å². The highest BCUT2D eigenvalue weighted by Gasteiger charge is 1.86. The Balaban J connectivity index is 2.68. The molecule has 0 aliphatic rings. The Labute approximate surface area is 49.3 Å². The van der Waals surface area contributed by atoms with Gasteiger partial charge in [-0.05, 0) is 6.92 Å². The van der Waals surface area contributed by atoms with Gasteiger partial charge in [0.2, 0.25) is 0 Å². The summed E-state index contributed by atoms with van der Waals surface area (Å²) in [5.41, 5.74) is 0. The average molecular weight is 121 g/mol. The van der Waals surface area contributed by atoms with Crippen molar-refractivity contribution in [3.05, 3.63) is 0 Å². The lowest BCUT2D eigenvalue weighted by atomic mass is 10.6. The molecule has 1 unspecified atom stereocenters. The van der Waals surface area contributed by atoms with E-state index in [1.54, 1.807) is 0 Å². The van der Waals surface area contributed by atoms with Gasteiger partial charge in [0.1, 0.15) is 0 Å². The third kappa shape index (κ3) is 6.27. The lowest BCUT2D eigenvalue weighted by molar-refractivity contribution is 0.292. The number of hydrogen-bond donors (Lipinski definition) is 3. The fourth-order valence-electron chi connectivity index (χ4n) is 0.273. The Morgan fingerprint density at radius 3 is 2.57 bits per heavy atom. The summed E-state index contributed by atoms with van der Waals surface area (Å²) < 4.78 is 0. The Morgan fingerprint density at radius 2 is 2.43 bits per heavy atom. The van der Waals surface area contributed by atoms with Gasteiger partial charge in [0.15, 0.2) is 0 Å². The normalized spacial score (nSPS) is 14.1. The molecule has 1 atom stereocenters. The minimum absolute atomic E-state index is 0.185. The van der Waals surface area contributed by atoms with Gasteiger partial charge in [-0.25, -0.2) is 0 Å². The highest BCUT2D eigenvalue weighted by Crippen LogP contribution is 1.81. The van der Waals surface area contributed by atoms with E-state index in [2.05, 4.69) is 17.9 Å². The number of nitrogens with one attached hydrogen (secondary N) is 1. The maximum Gasteiger partial charge on any atom is 0.0556 e. The highest BCUT2D eigenvalue weighted by molar-refractivity contribution is 7.80. The molecule has 0 rings (SSSR count). The maximum absolute atomic E-state index is 8.22. The second-order valence-corrected chi connectivity index (χ2v) is 2.13. The predicted octanol–water partition coefficient (Wildman–Crippen LogP) is -0.156. The summed E-state index contributed by atoms with van der Waals surface area (Å²) in [7, 11) is 0. The molecule has 0 aromatic heterocycles. The van der Waals surface area contributed by atoms with E-state index in [4.69, 9.17) is 5.11 Å². The van der Waals surface area contributed by atoms with Crippen LogP contribution in [0.3, 0.4) is 0 Å². The minimum Gasteiger partial charge on any atom is -0.395 e. The van der Waals surface area contributed by atoms with Crippen molar-refractivity contribution in [2.75, 3.05) is 13.2 Å². The van der Waals surface area contributed by atoms with E-state index in [0.29, 0.717) is 6.54 Å². The van der Waals surface area contributed by atoms with Gasteiger partial charge >= 0.3 is 0 Å². The number of hydrogen-bond acceptors (Lipinski definition) is 3. The third-order valence-corrected chi connectivity index (χ3v) is 0.734. The summed E-state index contributed by atoms with van der Waals surface area (Å²) in [5, 5.41) is 11.3. The molecule has 0 heterocycles. The van der Waals surface area contributed by atoms with Crippen molar-refractivity contribution in [1.29, 1.82) is 0 Å². The van der Waals surface area contributed by atoms with Gasteiger partial charge in [0, 0.05) is 11.9 Å². The van der Waals surface area contributed by atoms with Gasteiger partial charge < -0.3 is 10.4 Å². The van der Waals surface area contributed by atoms with Gasteiger partial charge in [-0.3, -0.25) is 0 Å². The van der Waals surface area contributed by atoms with Crippen LogP contribution < -0.4 is 5.32 Å². The van der Waals surface area contributed by atoms with Crippen LogP contribution in [0.4, 0.5) is 0 Å². The summed E-state index contributed by atoms with van der Waals surface area (Å²) in [6, 6.07) is 0. The van der Waals surface area contributed by atoms with Crippen LogP contribution in [-0.4, -0.2) is 23.6 Å². The molecule has 0 amide bonds. The number of rotatable bonds is 3. The van der Waals surface area contributed by atoms with Crippen LogP contribution in [-0.2, 0) is 0 Å². The van der Waals surface area contributed by atoms with Gasteiger partial charge in [0.25, 0.3) is 0 Å². The molecule has 0 aliphatic carbocycles. The van der Waals surface area contributed by atoms with Crippen molar-refractivity contribution in [2.24, 2.45) is 0 Å². The fraction of sp³-hybridized carbons (Fsp3) is 1.00. The smallest absolute Gasteiger partial charge is 0.0556 e. The zero-order valence-electron chi connectivity index (χ0n) is 4.39. The van der Waals surface area contributed by atoms with Crippen LogP contribution in [0.25, 0.3) is 0 Å². The number of thiol groups is 1. The second kappa shape index (κ2) is 4.43. The molecule has 7 heavy (non-hydrogen) atoms. The van der Waals surface area contributed by atoms with Crippen molar-refractivity contribution in [2.45, 2.75) is 12.3 Å². The quantitative estimate of drug-likeness (QED) is 0.358. The first-order chi connectivity index (χ1) is 3.27. The van der Waals surface area contributed by atoms with E-state index in [9.17, 15) is 0 Å². The standard InChI is InChI=1S/C4H11NOS/c1-4(7)5-2-3-6/h4-7H,2-3H2,1H3. The SMILES string of the molecule is CC(S)NCCO. The van der Waals surface area contributed by atoms with E-state index < -0.39 is 0 Å². The van der Waals surface area contributed by atoms with Gasteiger partial charge in [0.05, 0.1) is 6.61 Å². The molecule has 0 spiro atoms. The van der Waals surface area contributed by atoms with E-state index in [-0.39, 0.29) is 12.0 Å². The Bertz CT molecular complexity index is 40.7. The van der Waals surface area contributed by atoms with E-state index in [1.807, 2.05) is 6.92 Å². The van der Waals surface area contributed by atoms with Gasteiger partial charge in [-0.1, -0.05) is 0 Å². The molecule has 0 saturated heterocycles. The number of aliphatic hydroxyl groups is 1. The first-order valence-electron chi connectivity index (χ1n) is 2.29. The Kier molecular flexibility index (Phi) is 4.60. The van der Waals surface area contributed by atoms with Gasteiger partial charge in [-0.15, -0.1) is 0 Å². The Morgan fingerprint density at radius 1 is 1.86 bits per heavy atom. The van der Waals surface area contributed by atoms with Crippen molar-refractivity contribution in [1.82, 2.24) is 5.32 Å². The first-order valence-corrected chi connectivity index (χ1v) is 2.81. The molecule has 0 bridgehead atoms. The molecule has 0 aromatic rings. The second-order valence-electron chi connectivity index (χ2n) is 1.35. The summed E-state index contributed by atoms with van der Waals surface area (Å²) in [6.07, 6.45) is 0. The van der Waals surface area contributed by atoms with Gasteiger partial charge in [-0.2, -0.15) is 12.6 Å². The van der Waals surface area contributed by atoms with Crippen LogP contribution >= 0.6 is 12.6 Å². The molecule has 0 aromatic carbocycles. The van der Waals surface area contributed by atoms with E-state index >= 15 is 0 Å². The largest absolute Gasteiger partial charge is 0.395 e. The maximum atomic E-state index is 8.22. The third-order valence-electron chi connectivity index (χ3n) is 0.552. The molecule has 2 nitrogen and oxygen atoms in total. The van der Waals surface area contributed by atoms with Crippen LogP contribution in [0.2, 0.25) is 0 Å². The lowest BCUT2D eigenvalue weighted by Crippen LogP contribution is -2.23. The molecule has 0 saturated carbocycles. The van der Waals surface area contributed by atoms with Crippen LogP contribution in [0.1, 0.15) is 6.92 Å². The Hall–Kier alpha value is 0.270. The van der Waals surface area contributed by atoms with Crippen molar-refractivity contribution < 1.29 is 5.11 Å². The fourth-order valence-corrected chi connectivity index (χ4v) is 0.403. The van der Waals surface area contributed by atoms with E-state index in [1.165, 1.54) is 0 Å². The summed E-state index contributed by atoms with van der Waals surface area (Å²) >= 11 is 4.01. The zero-order valence-corrected chi connectivity index (χ0v) is 5.28. The summed E-state index contributed by atoms with van der Waals surface area (Å²) in [6.45, 7) is 2.73. The average Bonchev–Trinajstić information content (AvgIpc) is 1.61.